The minimum Gasteiger partial charge on any atom is -0.488 e. The Bertz CT molecular complexity index is 1310. The van der Waals surface area contributed by atoms with E-state index in [4.69, 9.17) is 28.6 Å². The summed E-state index contributed by atoms with van der Waals surface area (Å²) in [5.74, 6) is -0.307. The molecule has 1 N–H and O–H groups in total. The van der Waals surface area contributed by atoms with Gasteiger partial charge in [-0.15, -0.1) is 0 Å². The van der Waals surface area contributed by atoms with Crippen molar-refractivity contribution in [3.05, 3.63) is 97.6 Å². The lowest BCUT2D eigenvalue weighted by Gasteiger charge is -2.29. The van der Waals surface area contributed by atoms with Crippen LogP contribution in [0.1, 0.15) is 23.6 Å². The van der Waals surface area contributed by atoms with Crippen LogP contribution in [0.4, 0.5) is 5.69 Å². The van der Waals surface area contributed by atoms with E-state index in [1.165, 1.54) is 4.90 Å². The van der Waals surface area contributed by atoms with Crippen LogP contribution in [0.5, 0.6) is 5.75 Å². The maximum absolute atomic E-state index is 13.2. The van der Waals surface area contributed by atoms with E-state index < -0.39 is 11.8 Å². The first-order valence-electron chi connectivity index (χ1n) is 10.5. The average molecular weight is 603 g/mol. The number of halogens is 2. The SMILES string of the molecule is CCc1ccc(N2C(=O)/C(=C/c3ccc(OCc4ccccc4Cl)c(I)c3)C(=O)NC2=S)cc1. The molecule has 0 bridgehead atoms. The molecule has 1 aliphatic heterocycles. The van der Waals surface area contributed by atoms with Gasteiger partial charge >= 0.3 is 0 Å². The Hall–Kier alpha value is -2.75. The molecular weight excluding hydrogens is 583 g/mol. The fourth-order valence-corrected chi connectivity index (χ4v) is 4.60. The standard InChI is InChI=1S/C26H20ClIN2O3S/c1-2-16-7-10-19(11-8-16)30-25(32)20(24(31)29-26(30)34)13-17-9-12-23(22(28)14-17)33-15-18-5-3-4-6-21(18)27/h3-14H,2,15H2,1H3,(H,29,31,34)/b20-13+. The molecule has 5 nitrogen and oxygen atoms in total. The summed E-state index contributed by atoms with van der Waals surface area (Å²) in [6.45, 7) is 2.39. The molecule has 0 aliphatic carbocycles. The van der Waals surface area contributed by atoms with Crippen LogP contribution in [0.15, 0.2) is 72.3 Å². The predicted octanol–water partition coefficient (Wildman–Crippen LogP) is 5.92. The van der Waals surface area contributed by atoms with Crippen LogP contribution < -0.4 is 15.0 Å². The number of ether oxygens (including phenoxy) is 1. The molecule has 0 unspecified atom stereocenters. The normalized spacial score (nSPS) is 15.0. The number of amides is 2. The summed E-state index contributed by atoms with van der Waals surface area (Å²) in [7, 11) is 0. The Morgan fingerprint density at radius 1 is 1.09 bits per heavy atom. The molecule has 4 rings (SSSR count). The largest absolute Gasteiger partial charge is 0.488 e. The second-order valence-corrected chi connectivity index (χ2v) is 9.50. The van der Waals surface area contributed by atoms with Gasteiger partial charge in [0, 0.05) is 10.6 Å². The van der Waals surface area contributed by atoms with Gasteiger partial charge in [0.1, 0.15) is 17.9 Å². The third-order valence-electron chi connectivity index (χ3n) is 5.31. The van der Waals surface area contributed by atoms with E-state index in [-0.39, 0.29) is 10.7 Å². The van der Waals surface area contributed by atoms with Crippen molar-refractivity contribution in [3.8, 4) is 5.75 Å². The number of carbonyl (C=O) groups excluding carboxylic acids is 2. The van der Waals surface area contributed by atoms with Crippen LogP contribution >= 0.6 is 46.4 Å². The molecule has 8 heteroatoms. The molecule has 1 aliphatic rings. The third-order valence-corrected chi connectivity index (χ3v) is 6.81. The fourth-order valence-electron chi connectivity index (χ4n) is 3.43. The number of nitrogens with zero attached hydrogens (tertiary/aromatic N) is 1. The van der Waals surface area contributed by atoms with Crippen molar-refractivity contribution in [1.82, 2.24) is 5.32 Å². The van der Waals surface area contributed by atoms with Crippen molar-refractivity contribution in [1.29, 1.82) is 0 Å². The first kappa shape index (κ1) is 24.4. The zero-order chi connectivity index (χ0) is 24.2. The Balaban J connectivity index is 1.56. The lowest BCUT2D eigenvalue weighted by atomic mass is 10.1. The third kappa shape index (κ3) is 5.32. The molecule has 172 valence electrons. The van der Waals surface area contributed by atoms with E-state index in [0.29, 0.717) is 28.6 Å². The summed E-state index contributed by atoms with van der Waals surface area (Å²) in [4.78, 5) is 27.1. The second-order valence-electron chi connectivity index (χ2n) is 7.55. The van der Waals surface area contributed by atoms with Crippen molar-refractivity contribution in [3.63, 3.8) is 0 Å². The zero-order valence-corrected chi connectivity index (χ0v) is 21.9. The zero-order valence-electron chi connectivity index (χ0n) is 18.2. The minimum absolute atomic E-state index is 0.00806. The number of thiocarbonyl (C=S) groups is 1. The Morgan fingerprint density at radius 2 is 1.82 bits per heavy atom. The van der Waals surface area contributed by atoms with Gasteiger partial charge in [-0.1, -0.05) is 54.9 Å². The monoisotopic (exact) mass is 602 g/mol. The number of rotatable bonds is 6. The molecule has 1 fully saturated rings. The number of nitrogens with one attached hydrogen (secondary N) is 1. The number of carbonyl (C=O) groups is 2. The van der Waals surface area contributed by atoms with Gasteiger partial charge in [-0.25, -0.2) is 0 Å². The highest BCUT2D eigenvalue weighted by molar-refractivity contribution is 14.1. The minimum atomic E-state index is -0.523. The van der Waals surface area contributed by atoms with Crippen molar-refractivity contribution in [2.24, 2.45) is 0 Å². The van der Waals surface area contributed by atoms with E-state index in [1.807, 2.05) is 60.7 Å². The van der Waals surface area contributed by atoms with E-state index in [9.17, 15) is 9.59 Å². The summed E-state index contributed by atoms with van der Waals surface area (Å²) in [6.07, 6.45) is 2.45. The number of hydrogen-bond acceptors (Lipinski definition) is 4. The molecule has 0 aromatic heterocycles. The molecule has 0 atom stereocenters. The lowest BCUT2D eigenvalue weighted by molar-refractivity contribution is -0.122. The number of anilines is 1. The maximum atomic E-state index is 13.2. The molecule has 2 amide bonds. The van der Waals surface area contributed by atoms with Gasteiger partial charge in [0.2, 0.25) is 0 Å². The number of hydrogen-bond donors (Lipinski definition) is 1. The first-order valence-corrected chi connectivity index (χ1v) is 12.4. The highest BCUT2D eigenvalue weighted by Gasteiger charge is 2.34. The number of aryl methyl sites for hydroxylation is 1. The van der Waals surface area contributed by atoms with Crippen LogP contribution in [-0.4, -0.2) is 16.9 Å². The van der Waals surface area contributed by atoms with Gasteiger partial charge in [0.05, 0.1) is 9.26 Å². The maximum Gasteiger partial charge on any atom is 0.270 e. The molecular formula is C26H20ClIN2O3S. The van der Waals surface area contributed by atoms with Gasteiger partial charge in [0.15, 0.2) is 5.11 Å². The van der Waals surface area contributed by atoms with Gasteiger partial charge in [-0.2, -0.15) is 0 Å². The van der Waals surface area contributed by atoms with Crippen molar-refractivity contribution in [2.45, 2.75) is 20.0 Å². The van der Waals surface area contributed by atoms with Crippen LogP contribution in [0, 0.1) is 3.57 Å². The van der Waals surface area contributed by atoms with E-state index in [2.05, 4.69) is 34.8 Å². The lowest BCUT2D eigenvalue weighted by Crippen LogP contribution is -2.54. The quantitative estimate of drug-likeness (QED) is 0.165. The predicted molar refractivity (Wildman–Crippen MR) is 147 cm³/mol. The average Bonchev–Trinajstić information content (AvgIpc) is 2.82. The number of benzene rings is 3. The van der Waals surface area contributed by atoms with Crippen molar-refractivity contribution < 1.29 is 14.3 Å². The van der Waals surface area contributed by atoms with Crippen molar-refractivity contribution >= 4 is 75.1 Å². The smallest absolute Gasteiger partial charge is 0.270 e. The van der Waals surface area contributed by atoms with E-state index >= 15 is 0 Å². The van der Waals surface area contributed by atoms with Gasteiger partial charge in [-0.3, -0.25) is 19.8 Å². The highest BCUT2D eigenvalue weighted by Crippen LogP contribution is 2.27. The highest BCUT2D eigenvalue weighted by atomic mass is 127. The molecule has 1 saturated heterocycles. The van der Waals surface area contributed by atoms with Gasteiger partial charge in [0.25, 0.3) is 11.8 Å². The summed E-state index contributed by atoms with van der Waals surface area (Å²) >= 11 is 13.6. The van der Waals surface area contributed by atoms with Crippen LogP contribution in [-0.2, 0) is 22.6 Å². The summed E-state index contributed by atoms with van der Waals surface area (Å²) in [6, 6.07) is 20.5. The Morgan fingerprint density at radius 3 is 2.50 bits per heavy atom. The molecule has 3 aromatic carbocycles. The van der Waals surface area contributed by atoms with E-state index in [1.54, 1.807) is 12.1 Å². The Kier molecular flexibility index (Phi) is 7.65. The molecule has 3 aromatic rings. The first-order chi connectivity index (χ1) is 16.4. The summed E-state index contributed by atoms with van der Waals surface area (Å²) in [5.41, 5.74) is 3.34. The second kappa shape index (κ2) is 10.7. The van der Waals surface area contributed by atoms with Crippen LogP contribution in [0.3, 0.4) is 0 Å². The van der Waals surface area contributed by atoms with Gasteiger partial charge < -0.3 is 4.74 Å². The summed E-state index contributed by atoms with van der Waals surface area (Å²) in [5, 5.41) is 3.33. The van der Waals surface area contributed by atoms with Crippen molar-refractivity contribution in [2.75, 3.05) is 4.90 Å². The van der Waals surface area contributed by atoms with E-state index in [0.717, 1.165) is 21.1 Å². The molecule has 34 heavy (non-hydrogen) atoms. The molecule has 0 radical (unpaired) electrons. The molecule has 0 saturated carbocycles. The fraction of sp³-hybridized carbons (Fsp3) is 0.115. The Labute approximate surface area is 221 Å². The van der Waals surface area contributed by atoms with Gasteiger partial charge in [-0.05, 0) is 88.8 Å². The summed E-state index contributed by atoms with van der Waals surface area (Å²) < 4.78 is 6.75. The molecule has 0 spiro atoms. The molecule has 1 heterocycles. The topological polar surface area (TPSA) is 58.6 Å². The van der Waals surface area contributed by atoms with Crippen LogP contribution in [0.2, 0.25) is 5.02 Å². The van der Waals surface area contributed by atoms with Crippen LogP contribution in [0.25, 0.3) is 6.08 Å².